The number of hydrogen-bond donors (Lipinski definition) is 11. The lowest BCUT2D eigenvalue weighted by molar-refractivity contribution is -0.399. The fourth-order valence-corrected chi connectivity index (χ4v) is 18.2. The lowest BCUT2D eigenvalue weighted by Gasteiger charge is -2.64. The number of carbonyl (C=O) groups is 2. The molecule has 0 radical (unpaired) electrons. The van der Waals surface area contributed by atoms with Crippen LogP contribution >= 0.6 is 0 Å². The maximum absolute atomic E-state index is 14.8. The standard InChI is InChI=1S/C60H96O29S/c1-25(2)12-11-17-59(9)49-32(81-27(4)62)20-58(8)29-13-14-35-56(5,6)36(16-18-57(35,7)28(29)15-19-60(49,58)55(72)88-59)83-53-47(39(67)34(24-79-53)89-90(73,74)75)87-54-48(86-50-40(68)37(65)30(63)22-77-50)41(69)44(26(3)80-54)84-51-42(70)45(31(64)23-78-51)85-52-43(71)46(76-10)38(66)33(21-61)82-52/h13,25-26,28,30-54,61,63-71H,11-12,14-24H2,1-10H3,(H,73,74,75)/t26-,28+,30-,31-,32?,33-,34-,35+,36?,37+,38-,39+,40-,41+,42-,43-,44-,45+,46+,47-,48-,49?,50+,51+,52+,53+,54+,57-,58+,59+,60?/m1/s1. The number of cyclic esters (lactones) is 1. The number of allylic oxidation sites excluding steroid dienone is 2. The molecule has 10 rings (SSSR count). The van der Waals surface area contributed by atoms with Crippen LogP contribution in [0.25, 0.3) is 0 Å². The molecule has 90 heavy (non-hydrogen) atoms. The van der Waals surface area contributed by atoms with Gasteiger partial charge in [-0.3, -0.25) is 14.1 Å². The van der Waals surface area contributed by atoms with Gasteiger partial charge in [0.1, 0.15) is 109 Å². The molecule has 30 heteroatoms. The van der Waals surface area contributed by atoms with Gasteiger partial charge in [0.25, 0.3) is 0 Å². The molecule has 6 saturated heterocycles. The number of methoxy groups -OCH3 is 1. The Morgan fingerprint density at radius 1 is 0.700 bits per heavy atom. The van der Waals surface area contributed by atoms with Gasteiger partial charge in [0, 0.05) is 19.4 Å². The smallest absolute Gasteiger partial charge is 0.397 e. The third-order valence-electron chi connectivity index (χ3n) is 22.1. The van der Waals surface area contributed by atoms with Crippen molar-refractivity contribution in [3.8, 4) is 0 Å². The van der Waals surface area contributed by atoms with E-state index in [0.29, 0.717) is 50.9 Å². The maximum atomic E-state index is 14.8. The molecule has 516 valence electrons. The van der Waals surface area contributed by atoms with E-state index in [-0.39, 0.29) is 29.1 Å². The van der Waals surface area contributed by atoms with E-state index in [1.807, 2.05) is 6.92 Å². The summed E-state index contributed by atoms with van der Waals surface area (Å²) in [6.45, 7) is 15.2. The molecule has 29 nitrogen and oxygen atoms in total. The van der Waals surface area contributed by atoms with E-state index in [1.165, 1.54) is 26.5 Å². The number of rotatable bonds is 19. The first kappa shape index (κ1) is 70.5. The molecule has 0 aromatic heterocycles. The number of aliphatic hydroxyl groups excluding tert-OH is 10. The third kappa shape index (κ3) is 12.6. The Morgan fingerprint density at radius 3 is 1.98 bits per heavy atom. The first-order chi connectivity index (χ1) is 42.2. The average Bonchev–Trinajstić information content (AvgIpc) is 1.45. The molecule has 1 spiro atoms. The Balaban J connectivity index is 0.904. The Bertz CT molecular complexity index is 2670. The second kappa shape index (κ2) is 26.6. The van der Waals surface area contributed by atoms with Crippen molar-refractivity contribution in [2.45, 2.75) is 273 Å². The third-order valence-corrected chi connectivity index (χ3v) is 22.6. The molecular formula is C60H96O29S. The molecule has 4 aliphatic carbocycles. The first-order valence-corrected chi connectivity index (χ1v) is 33.0. The van der Waals surface area contributed by atoms with E-state index >= 15 is 0 Å². The Kier molecular flexibility index (Phi) is 20.8. The summed E-state index contributed by atoms with van der Waals surface area (Å²) in [5, 5.41) is 111. The topological polar surface area (TPSA) is 420 Å². The summed E-state index contributed by atoms with van der Waals surface area (Å²) in [6.07, 6.45) is -30.9. The zero-order valence-corrected chi connectivity index (χ0v) is 53.4. The van der Waals surface area contributed by atoms with Crippen LogP contribution in [0.3, 0.4) is 0 Å². The van der Waals surface area contributed by atoms with E-state index in [9.17, 15) is 73.6 Å². The maximum Gasteiger partial charge on any atom is 0.397 e. The van der Waals surface area contributed by atoms with Crippen LogP contribution in [-0.4, -0.2) is 263 Å². The molecule has 11 N–H and O–H groups in total. The SMILES string of the molecule is CO[C@@H]1[C@@H](O)[C@H](O[C@@H]2[C@@H](O)[C@H](O[C@H]3[C@H](O)[C@@H](O[C@@H]4OC[C@@H](O)[C@H](O)[C@H]4O)[C@H](O[C@H]4[C@H](OC5CC[C@]6(C)[C@H]7CCC89C(=O)O[C@@](C)(CCCC(C)C)C8C(OC(C)=O)C[C@@]9(C)C7=CC[C@H]6C5(C)C)OC[C@@H](OS(=O)(=O)O)[C@@H]4O)O[C@@H]3C)OC[C@H]2O)O[C@H](CO)[C@H]1O. The Morgan fingerprint density at radius 2 is 1.32 bits per heavy atom. The number of fused-ring (bicyclic) bond motifs is 4. The normalized spacial score (nSPS) is 50.3. The van der Waals surface area contributed by atoms with Gasteiger partial charge in [0.2, 0.25) is 0 Å². The molecule has 4 unspecified atom stereocenters. The number of ether oxygens (including phenoxy) is 13. The van der Waals surface area contributed by atoms with E-state index < -0.39 is 212 Å². The Hall–Kier alpha value is -2.29. The lowest BCUT2D eigenvalue weighted by atomic mass is 9.41. The molecule has 9 fully saturated rings. The summed E-state index contributed by atoms with van der Waals surface area (Å²) in [7, 11) is -4.06. The number of aliphatic hydroxyl groups is 10. The molecule has 3 saturated carbocycles. The van der Waals surface area contributed by atoms with Gasteiger partial charge in [-0.15, -0.1) is 0 Å². The largest absolute Gasteiger partial charge is 0.462 e. The minimum Gasteiger partial charge on any atom is -0.462 e. The summed E-state index contributed by atoms with van der Waals surface area (Å²) < 4.78 is 118. The first-order valence-electron chi connectivity index (χ1n) is 31.6. The monoisotopic (exact) mass is 1310 g/mol. The summed E-state index contributed by atoms with van der Waals surface area (Å²) in [5.74, 6) is -0.620. The van der Waals surface area contributed by atoms with E-state index in [1.54, 1.807) is 0 Å². The van der Waals surface area contributed by atoms with Crippen LogP contribution in [0.2, 0.25) is 0 Å². The van der Waals surface area contributed by atoms with Crippen molar-refractivity contribution < 1.29 is 139 Å². The minimum atomic E-state index is -5.26. The highest BCUT2D eigenvalue weighted by Gasteiger charge is 2.79. The molecule has 0 bridgehead atoms. The van der Waals surface area contributed by atoms with Gasteiger partial charge in [-0.25, -0.2) is 4.18 Å². The molecule has 31 atom stereocenters. The fraction of sp³-hybridized carbons (Fsp3) is 0.933. The van der Waals surface area contributed by atoms with Crippen molar-refractivity contribution in [1.82, 2.24) is 0 Å². The minimum absolute atomic E-state index is 0.00396. The molecular weight excluding hydrogens is 1220 g/mol. The predicted molar refractivity (Wildman–Crippen MR) is 302 cm³/mol. The van der Waals surface area contributed by atoms with Gasteiger partial charge in [-0.1, -0.05) is 59.6 Å². The predicted octanol–water partition coefficient (Wildman–Crippen LogP) is -0.837. The number of hydrogen-bond acceptors (Lipinski definition) is 28. The van der Waals surface area contributed by atoms with Crippen LogP contribution in [0, 0.1) is 45.3 Å². The quantitative estimate of drug-likeness (QED) is 0.0427. The van der Waals surface area contributed by atoms with Gasteiger partial charge >= 0.3 is 22.3 Å². The molecule has 0 aromatic carbocycles. The van der Waals surface area contributed by atoms with Crippen molar-refractivity contribution in [2.24, 2.45) is 45.3 Å². The van der Waals surface area contributed by atoms with Gasteiger partial charge in [0.15, 0.2) is 31.5 Å². The van der Waals surface area contributed by atoms with Crippen LogP contribution in [0.15, 0.2) is 11.6 Å². The molecule has 0 amide bonds. The molecule has 0 aromatic rings. The van der Waals surface area contributed by atoms with Gasteiger partial charge in [0.05, 0.1) is 50.0 Å². The lowest BCUT2D eigenvalue weighted by Crippen LogP contribution is -2.67. The fourth-order valence-electron chi connectivity index (χ4n) is 17.7. The Labute approximate surface area is 523 Å². The van der Waals surface area contributed by atoms with Gasteiger partial charge in [-0.05, 0) is 93.8 Å². The highest BCUT2D eigenvalue weighted by atomic mass is 32.3. The highest BCUT2D eigenvalue weighted by Crippen LogP contribution is 2.77. The second-order valence-electron chi connectivity index (χ2n) is 28.4. The van der Waals surface area contributed by atoms with Gasteiger partial charge in [-0.2, -0.15) is 8.42 Å². The van der Waals surface area contributed by atoms with Crippen molar-refractivity contribution >= 4 is 22.3 Å². The summed E-state index contributed by atoms with van der Waals surface area (Å²) in [4.78, 5) is 27.6. The number of carbonyl (C=O) groups excluding carboxylic acids is 2. The van der Waals surface area contributed by atoms with Crippen LogP contribution in [-0.2, 0) is 85.8 Å². The van der Waals surface area contributed by atoms with Crippen LogP contribution in [0.1, 0.15) is 120 Å². The molecule has 10 aliphatic rings. The van der Waals surface area contributed by atoms with Crippen molar-refractivity contribution in [3.63, 3.8) is 0 Å². The average molecular weight is 1310 g/mol. The molecule has 6 heterocycles. The van der Waals surface area contributed by atoms with Gasteiger partial charge < -0.3 is 113 Å². The molecule has 6 aliphatic heterocycles. The van der Waals surface area contributed by atoms with Crippen LogP contribution in [0.5, 0.6) is 0 Å². The van der Waals surface area contributed by atoms with E-state index in [2.05, 4.69) is 47.6 Å². The second-order valence-corrected chi connectivity index (χ2v) is 29.5. The van der Waals surface area contributed by atoms with E-state index in [4.69, 9.17) is 65.8 Å². The number of esters is 2. The summed E-state index contributed by atoms with van der Waals surface area (Å²) in [6, 6.07) is 0. The zero-order valence-electron chi connectivity index (χ0n) is 52.6. The van der Waals surface area contributed by atoms with Crippen LogP contribution < -0.4 is 0 Å². The summed E-state index contributed by atoms with van der Waals surface area (Å²) in [5.41, 5.74) is -2.36. The highest BCUT2D eigenvalue weighted by molar-refractivity contribution is 7.80. The van der Waals surface area contributed by atoms with E-state index in [0.717, 1.165) is 12.8 Å². The van der Waals surface area contributed by atoms with Crippen molar-refractivity contribution in [2.75, 3.05) is 33.5 Å². The zero-order chi connectivity index (χ0) is 65.7. The van der Waals surface area contributed by atoms with Crippen LogP contribution in [0.4, 0.5) is 0 Å². The summed E-state index contributed by atoms with van der Waals surface area (Å²) >= 11 is 0. The van der Waals surface area contributed by atoms with Crippen molar-refractivity contribution in [1.29, 1.82) is 0 Å². The van der Waals surface area contributed by atoms with Crippen molar-refractivity contribution in [3.05, 3.63) is 11.6 Å².